The van der Waals surface area contributed by atoms with Crippen LogP contribution >= 0.6 is 27.5 Å². The minimum Gasteiger partial charge on any atom is -0.378 e. The highest BCUT2D eigenvalue weighted by atomic mass is 79.9. The van der Waals surface area contributed by atoms with Crippen LogP contribution < -0.4 is 14.7 Å². The molecule has 0 saturated carbocycles. The minimum atomic E-state index is 0.0313. The molecular weight excluding hydrogens is 812 g/mol. The number of halogens is 2. The van der Waals surface area contributed by atoms with Gasteiger partial charge in [-0.05, 0) is 67.6 Å². The van der Waals surface area contributed by atoms with Gasteiger partial charge in [-0.1, -0.05) is 45.2 Å². The van der Waals surface area contributed by atoms with Crippen LogP contribution in [-0.4, -0.2) is 131 Å². The lowest BCUT2D eigenvalue weighted by Gasteiger charge is -2.30. The molecule has 14 heteroatoms. The number of nitrogens with zero attached hydrogens (tertiary/aromatic N) is 6. The molecule has 3 fully saturated rings. The third-order valence-corrected chi connectivity index (χ3v) is 11.3. The maximum Gasteiger partial charge on any atom is 0.253 e. The van der Waals surface area contributed by atoms with Crippen molar-refractivity contribution < 1.29 is 28.6 Å². The number of anilines is 3. The first-order chi connectivity index (χ1) is 27.7. The van der Waals surface area contributed by atoms with Crippen molar-refractivity contribution in [3.8, 4) is 0 Å². The Bertz CT molecular complexity index is 1740. The van der Waals surface area contributed by atoms with Crippen LogP contribution in [0.4, 0.5) is 17.1 Å². The number of hydrogen-bond donors (Lipinski definition) is 0. The highest BCUT2D eigenvalue weighted by Gasteiger charge is 2.29. The number of rotatable bonds is 6. The largest absolute Gasteiger partial charge is 0.378 e. The van der Waals surface area contributed by atoms with Crippen molar-refractivity contribution in [1.82, 2.24) is 14.7 Å². The maximum atomic E-state index is 12.1. The Labute approximate surface area is 347 Å². The standard InChI is InChI=1S/C15H18N2O2.C14H15BrN2O2.C14H15ClN2O2/c1-12-2-4-13(5-3-12)17-11-14(10-15(17)18)16-6-8-19-9-7-16;2*15-11-1-3-12(4-2-11)17-10-13(9-14(17)18)16-5-7-19-8-6-16/h2-5,10H,6-9,11H2,1H3;2*1-4,9H,5-8,10H2. The van der Waals surface area contributed by atoms with Crippen LogP contribution in [0.15, 0.2) is 113 Å². The highest BCUT2D eigenvalue weighted by molar-refractivity contribution is 9.10. The molecule has 0 radical (unpaired) electrons. The molecule has 0 aromatic heterocycles. The normalized spacial score (nSPS) is 19.8. The number of carbonyl (C=O) groups excluding carboxylic acids is 3. The van der Waals surface area contributed by atoms with Gasteiger partial charge in [-0.15, -0.1) is 0 Å². The van der Waals surface area contributed by atoms with E-state index in [2.05, 4.69) is 30.6 Å². The molecule has 9 rings (SSSR count). The van der Waals surface area contributed by atoms with Crippen molar-refractivity contribution in [2.24, 2.45) is 0 Å². The van der Waals surface area contributed by atoms with E-state index >= 15 is 0 Å². The van der Waals surface area contributed by atoms with Crippen LogP contribution in [0, 0.1) is 6.92 Å². The molecule has 6 aliphatic rings. The minimum absolute atomic E-state index is 0.0313. The molecule has 0 bridgehead atoms. The summed E-state index contributed by atoms with van der Waals surface area (Å²) < 4.78 is 17.0. The van der Waals surface area contributed by atoms with Gasteiger partial charge in [0.1, 0.15) is 0 Å². The molecule has 0 unspecified atom stereocenters. The van der Waals surface area contributed by atoms with Crippen molar-refractivity contribution in [2.45, 2.75) is 6.92 Å². The summed E-state index contributed by atoms with van der Waals surface area (Å²) in [6.07, 6.45) is 5.22. The molecular formula is C43H48BrClN6O6. The monoisotopic (exact) mass is 858 g/mol. The molecule has 3 aromatic rings. The molecule has 0 atom stereocenters. The number of aryl methyl sites for hydroxylation is 1. The summed E-state index contributed by atoms with van der Waals surface area (Å²) in [5.74, 6) is 0.165. The van der Waals surface area contributed by atoms with E-state index in [-0.39, 0.29) is 17.7 Å². The van der Waals surface area contributed by atoms with Gasteiger partial charge in [0, 0.05) is 101 Å². The summed E-state index contributed by atoms with van der Waals surface area (Å²) in [6.45, 7) is 13.6. The van der Waals surface area contributed by atoms with Crippen LogP contribution in [0.2, 0.25) is 5.02 Å². The van der Waals surface area contributed by atoms with Crippen molar-refractivity contribution >= 4 is 62.3 Å². The molecule has 3 saturated heterocycles. The fourth-order valence-electron chi connectivity index (χ4n) is 7.27. The third-order valence-electron chi connectivity index (χ3n) is 10.5. The maximum absolute atomic E-state index is 12.1. The molecule has 57 heavy (non-hydrogen) atoms. The Kier molecular flexibility index (Phi) is 13.6. The van der Waals surface area contributed by atoms with E-state index < -0.39 is 0 Å². The summed E-state index contributed by atoms with van der Waals surface area (Å²) in [6, 6.07) is 23.2. The lowest BCUT2D eigenvalue weighted by atomic mass is 10.2. The Hall–Kier alpha value is -4.66. The molecule has 0 N–H and O–H groups in total. The molecule has 6 aliphatic heterocycles. The summed E-state index contributed by atoms with van der Waals surface area (Å²) in [4.78, 5) is 48.4. The molecule has 3 aromatic carbocycles. The predicted molar refractivity (Wildman–Crippen MR) is 225 cm³/mol. The number of amides is 3. The second kappa shape index (κ2) is 19.2. The highest BCUT2D eigenvalue weighted by Crippen LogP contribution is 2.27. The fourth-order valence-corrected chi connectivity index (χ4v) is 7.66. The molecule has 12 nitrogen and oxygen atoms in total. The first-order valence-corrected chi connectivity index (χ1v) is 20.5. The topological polar surface area (TPSA) is 98.3 Å². The second-order valence-electron chi connectivity index (χ2n) is 14.3. The van der Waals surface area contributed by atoms with E-state index in [1.165, 1.54) is 5.56 Å². The van der Waals surface area contributed by atoms with Gasteiger partial charge in [-0.2, -0.15) is 0 Å². The average molecular weight is 860 g/mol. The first kappa shape index (κ1) is 40.5. The predicted octanol–water partition coefficient (Wildman–Crippen LogP) is 5.47. The molecule has 6 heterocycles. The molecule has 3 amide bonds. The van der Waals surface area contributed by atoms with Gasteiger partial charge >= 0.3 is 0 Å². The van der Waals surface area contributed by atoms with E-state index in [0.29, 0.717) is 24.7 Å². The lowest BCUT2D eigenvalue weighted by molar-refractivity contribution is -0.114. The smallest absolute Gasteiger partial charge is 0.253 e. The van der Waals surface area contributed by atoms with Crippen molar-refractivity contribution in [3.05, 3.63) is 123 Å². The SMILES string of the molecule is Cc1ccc(N2CC(N3CCOCC3)=CC2=O)cc1.O=C1C=C(N2CCOCC2)CN1c1ccc(Br)cc1.O=C1C=C(N2CCOCC2)CN1c1ccc(Cl)cc1. The van der Waals surface area contributed by atoms with Gasteiger partial charge in [-0.3, -0.25) is 14.4 Å². The Morgan fingerprint density at radius 3 is 1.11 bits per heavy atom. The fraction of sp³-hybridized carbons (Fsp3) is 0.372. The van der Waals surface area contributed by atoms with Crippen LogP contribution in [-0.2, 0) is 28.6 Å². The Morgan fingerprint density at radius 1 is 0.474 bits per heavy atom. The number of ether oxygens (including phenoxy) is 3. The molecule has 300 valence electrons. The van der Waals surface area contributed by atoms with E-state index in [1.54, 1.807) is 40.2 Å². The second-order valence-corrected chi connectivity index (χ2v) is 15.6. The van der Waals surface area contributed by atoms with Crippen LogP contribution in [0.3, 0.4) is 0 Å². The quantitative estimate of drug-likeness (QED) is 0.320. The number of carbonyl (C=O) groups is 3. The average Bonchev–Trinajstić information content (AvgIpc) is 3.96. The first-order valence-electron chi connectivity index (χ1n) is 19.3. The Balaban J connectivity index is 0.000000131. The van der Waals surface area contributed by atoms with Crippen molar-refractivity contribution in [1.29, 1.82) is 0 Å². The van der Waals surface area contributed by atoms with Gasteiger partial charge in [0.05, 0.1) is 59.3 Å². The van der Waals surface area contributed by atoms with Crippen LogP contribution in [0.1, 0.15) is 5.56 Å². The van der Waals surface area contributed by atoms with Gasteiger partial charge < -0.3 is 43.6 Å². The van der Waals surface area contributed by atoms with Crippen LogP contribution in [0.5, 0.6) is 0 Å². The summed E-state index contributed by atoms with van der Waals surface area (Å²) >= 11 is 9.27. The number of hydrogen-bond acceptors (Lipinski definition) is 9. The summed E-state index contributed by atoms with van der Waals surface area (Å²) in [5, 5.41) is 0.678. The van der Waals surface area contributed by atoms with Gasteiger partial charge in [0.25, 0.3) is 17.7 Å². The molecule has 0 spiro atoms. The van der Waals surface area contributed by atoms with Gasteiger partial charge in [0.2, 0.25) is 0 Å². The zero-order valence-corrected chi connectivity index (χ0v) is 34.5. The number of morpholine rings is 3. The van der Waals surface area contributed by atoms with E-state index in [9.17, 15) is 14.4 Å². The summed E-state index contributed by atoms with van der Waals surface area (Å²) in [5.41, 5.74) is 7.27. The zero-order chi connectivity index (χ0) is 39.7. The van der Waals surface area contributed by atoms with Crippen molar-refractivity contribution in [2.75, 3.05) is 113 Å². The molecule has 0 aliphatic carbocycles. The van der Waals surface area contributed by atoms with Crippen LogP contribution in [0.25, 0.3) is 0 Å². The number of benzene rings is 3. The third kappa shape index (κ3) is 10.5. The van der Waals surface area contributed by atoms with E-state index in [4.69, 9.17) is 25.8 Å². The van der Waals surface area contributed by atoms with E-state index in [0.717, 1.165) is 118 Å². The van der Waals surface area contributed by atoms with Gasteiger partial charge in [-0.25, -0.2) is 0 Å². The summed E-state index contributed by atoms with van der Waals surface area (Å²) in [7, 11) is 0. The van der Waals surface area contributed by atoms with E-state index in [1.807, 2.05) is 72.5 Å². The van der Waals surface area contributed by atoms with Gasteiger partial charge in [0.15, 0.2) is 0 Å². The zero-order valence-electron chi connectivity index (χ0n) is 32.2. The van der Waals surface area contributed by atoms with Crippen molar-refractivity contribution in [3.63, 3.8) is 0 Å². The Morgan fingerprint density at radius 2 is 0.772 bits per heavy atom. The lowest BCUT2D eigenvalue weighted by Crippen LogP contribution is -2.37.